The first-order chi connectivity index (χ1) is 15.8. The molecule has 0 radical (unpaired) electrons. The number of carbonyl (C=O) groups is 1. The maximum Gasteiger partial charge on any atom is 0.246 e. The zero-order chi connectivity index (χ0) is 23.5. The molecule has 2 saturated heterocycles. The van der Waals surface area contributed by atoms with E-state index < -0.39 is 25.9 Å². The lowest BCUT2D eigenvalue weighted by Gasteiger charge is -2.33. The average molecular weight is 492 g/mol. The molecule has 10 heteroatoms. The molecule has 8 nitrogen and oxygen atoms in total. The van der Waals surface area contributed by atoms with Crippen molar-refractivity contribution >= 4 is 31.5 Å². The Balaban J connectivity index is 1.56. The number of nitrogens with zero attached hydrogens (tertiary/aromatic N) is 2. The number of carbonyl (C=O) groups excluding carboxylic acids is 1. The van der Waals surface area contributed by atoms with Crippen LogP contribution in [0.4, 0.5) is 5.69 Å². The number of hydrogen-bond acceptors (Lipinski definition) is 6. The summed E-state index contributed by atoms with van der Waals surface area (Å²) < 4.78 is 51.4. The van der Waals surface area contributed by atoms with Crippen LogP contribution in [0.25, 0.3) is 0 Å². The number of hydrogen-bond donors (Lipinski definition) is 1. The van der Waals surface area contributed by atoms with Crippen LogP contribution in [-0.4, -0.2) is 69.6 Å². The predicted octanol–water partition coefficient (Wildman–Crippen LogP) is 2.27. The number of piperidine rings is 1. The van der Waals surface area contributed by atoms with Gasteiger partial charge in [0, 0.05) is 31.9 Å². The molecule has 2 fully saturated rings. The fraction of sp³-hybridized carbons (Fsp3) is 0.435. The van der Waals surface area contributed by atoms with E-state index >= 15 is 0 Å². The van der Waals surface area contributed by atoms with Gasteiger partial charge in [0.2, 0.25) is 15.9 Å². The third-order valence-electron chi connectivity index (χ3n) is 6.16. The Morgan fingerprint density at radius 3 is 2.21 bits per heavy atom. The summed E-state index contributed by atoms with van der Waals surface area (Å²) in [7, 11) is -6.71. The Bertz CT molecular complexity index is 1180. The molecule has 33 heavy (non-hydrogen) atoms. The second-order valence-corrected chi connectivity index (χ2v) is 12.7. The molecule has 4 rings (SSSR count). The molecular formula is C23H29N3O5S2. The van der Waals surface area contributed by atoms with Crippen molar-refractivity contribution in [2.45, 2.75) is 30.2 Å². The summed E-state index contributed by atoms with van der Waals surface area (Å²) in [6.07, 6.45) is 2.72. The normalized spacial score (nSPS) is 20.7. The van der Waals surface area contributed by atoms with Crippen LogP contribution in [0.15, 0.2) is 59.5 Å². The summed E-state index contributed by atoms with van der Waals surface area (Å²) in [6.45, 7) is 1.54. The molecule has 0 saturated carbocycles. The monoisotopic (exact) mass is 491 g/mol. The maximum absolute atomic E-state index is 13.4. The average Bonchev–Trinajstić information content (AvgIpc) is 2.82. The van der Waals surface area contributed by atoms with Crippen LogP contribution in [0.3, 0.4) is 0 Å². The maximum atomic E-state index is 13.4. The lowest BCUT2D eigenvalue weighted by Crippen LogP contribution is -2.46. The van der Waals surface area contributed by atoms with Gasteiger partial charge in [0.15, 0.2) is 9.84 Å². The van der Waals surface area contributed by atoms with Gasteiger partial charge in [-0.05, 0) is 36.6 Å². The Labute approximate surface area is 195 Å². The number of amides is 1. The topological polar surface area (TPSA) is 104 Å². The SMILES string of the molecule is O=C(Nc1cccc(S(=O)(=O)N2CCCCC2)c1)C(c1ccccc1)N1CCS(=O)(=O)CC1. The van der Waals surface area contributed by atoms with E-state index in [1.54, 1.807) is 18.2 Å². The van der Waals surface area contributed by atoms with E-state index in [-0.39, 0.29) is 35.4 Å². The minimum Gasteiger partial charge on any atom is -0.324 e. The van der Waals surface area contributed by atoms with Gasteiger partial charge in [-0.25, -0.2) is 16.8 Å². The van der Waals surface area contributed by atoms with Gasteiger partial charge in [0.05, 0.1) is 16.4 Å². The van der Waals surface area contributed by atoms with Gasteiger partial charge in [0.25, 0.3) is 0 Å². The number of sulfonamides is 1. The third-order valence-corrected chi connectivity index (χ3v) is 9.67. The van der Waals surface area contributed by atoms with E-state index in [4.69, 9.17) is 0 Å². The summed E-state index contributed by atoms with van der Waals surface area (Å²) in [5.74, 6) is -0.312. The molecule has 1 amide bonds. The van der Waals surface area contributed by atoms with Crippen molar-refractivity contribution in [2.75, 3.05) is 43.0 Å². The fourth-order valence-corrected chi connectivity index (χ4v) is 7.14. The summed E-state index contributed by atoms with van der Waals surface area (Å²) in [4.78, 5) is 15.4. The minimum atomic E-state index is -3.62. The summed E-state index contributed by atoms with van der Waals surface area (Å²) in [5.41, 5.74) is 1.15. The van der Waals surface area contributed by atoms with Gasteiger partial charge in [-0.1, -0.05) is 42.8 Å². The minimum absolute atomic E-state index is 0.00712. The van der Waals surface area contributed by atoms with Crippen LogP contribution >= 0.6 is 0 Å². The summed E-state index contributed by atoms with van der Waals surface area (Å²) >= 11 is 0. The highest BCUT2D eigenvalue weighted by atomic mass is 32.2. The summed E-state index contributed by atoms with van der Waals surface area (Å²) in [6, 6.07) is 14.8. The Morgan fingerprint density at radius 1 is 0.879 bits per heavy atom. The first-order valence-corrected chi connectivity index (χ1v) is 14.4. The van der Waals surface area contributed by atoms with Gasteiger partial charge < -0.3 is 5.32 Å². The van der Waals surface area contributed by atoms with Gasteiger partial charge in [0.1, 0.15) is 6.04 Å². The molecule has 2 heterocycles. The Morgan fingerprint density at radius 2 is 1.55 bits per heavy atom. The highest BCUT2D eigenvalue weighted by Gasteiger charge is 2.33. The molecule has 2 aliphatic heterocycles. The van der Waals surface area contributed by atoms with E-state index in [2.05, 4.69) is 5.32 Å². The van der Waals surface area contributed by atoms with E-state index in [9.17, 15) is 21.6 Å². The Hall–Kier alpha value is -2.27. The van der Waals surface area contributed by atoms with E-state index in [0.717, 1.165) is 24.8 Å². The van der Waals surface area contributed by atoms with Crippen LogP contribution in [0.1, 0.15) is 30.9 Å². The van der Waals surface area contributed by atoms with Crippen LogP contribution in [-0.2, 0) is 24.7 Å². The molecule has 2 aromatic carbocycles. The number of anilines is 1. The molecule has 0 aromatic heterocycles. The van der Waals surface area contributed by atoms with Gasteiger partial charge in [-0.2, -0.15) is 4.31 Å². The highest BCUT2D eigenvalue weighted by molar-refractivity contribution is 7.91. The first kappa shape index (κ1) is 23.9. The van der Waals surface area contributed by atoms with Crippen LogP contribution in [0, 0.1) is 0 Å². The largest absolute Gasteiger partial charge is 0.324 e. The van der Waals surface area contributed by atoms with E-state index in [0.29, 0.717) is 18.8 Å². The lowest BCUT2D eigenvalue weighted by atomic mass is 10.0. The molecular weight excluding hydrogens is 462 g/mol. The highest BCUT2D eigenvalue weighted by Crippen LogP contribution is 2.27. The predicted molar refractivity (Wildman–Crippen MR) is 127 cm³/mol. The van der Waals surface area contributed by atoms with E-state index in [1.165, 1.54) is 10.4 Å². The molecule has 0 spiro atoms. The molecule has 0 bridgehead atoms. The molecule has 1 N–H and O–H groups in total. The molecule has 1 unspecified atom stereocenters. The molecule has 2 aromatic rings. The Kier molecular flexibility index (Phi) is 7.18. The van der Waals surface area contributed by atoms with Crippen molar-refractivity contribution in [3.05, 3.63) is 60.2 Å². The number of nitrogens with one attached hydrogen (secondary N) is 1. The lowest BCUT2D eigenvalue weighted by molar-refractivity contribution is -0.121. The van der Waals surface area contributed by atoms with Crippen molar-refractivity contribution in [3.63, 3.8) is 0 Å². The molecule has 1 atom stereocenters. The smallest absolute Gasteiger partial charge is 0.246 e. The zero-order valence-corrected chi connectivity index (χ0v) is 20.0. The van der Waals surface area contributed by atoms with Crippen molar-refractivity contribution in [2.24, 2.45) is 0 Å². The van der Waals surface area contributed by atoms with Crippen LogP contribution < -0.4 is 5.32 Å². The number of sulfone groups is 1. The number of benzene rings is 2. The summed E-state index contributed by atoms with van der Waals surface area (Å²) in [5, 5.41) is 2.86. The van der Waals surface area contributed by atoms with Gasteiger partial charge in [-0.15, -0.1) is 0 Å². The van der Waals surface area contributed by atoms with Crippen molar-refractivity contribution in [1.82, 2.24) is 9.21 Å². The molecule has 178 valence electrons. The second kappa shape index (κ2) is 9.92. The zero-order valence-electron chi connectivity index (χ0n) is 18.4. The van der Waals surface area contributed by atoms with Gasteiger partial charge in [-0.3, -0.25) is 9.69 Å². The molecule has 0 aliphatic carbocycles. The fourth-order valence-electron chi connectivity index (χ4n) is 4.35. The second-order valence-electron chi connectivity index (χ2n) is 8.48. The van der Waals surface area contributed by atoms with Crippen LogP contribution in [0.5, 0.6) is 0 Å². The van der Waals surface area contributed by atoms with Crippen molar-refractivity contribution < 1.29 is 21.6 Å². The van der Waals surface area contributed by atoms with Crippen LogP contribution in [0.2, 0.25) is 0 Å². The van der Waals surface area contributed by atoms with Crippen molar-refractivity contribution in [3.8, 4) is 0 Å². The standard InChI is InChI=1S/C23H29N3O5S2/c27-23(22(19-8-3-1-4-9-19)25-14-16-32(28,29)17-15-25)24-20-10-7-11-21(18-20)33(30,31)26-12-5-2-6-13-26/h1,3-4,7-11,18,22H,2,5-6,12-17H2,(H,24,27). The molecule has 2 aliphatic rings. The number of rotatable bonds is 6. The van der Waals surface area contributed by atoms with E-state index in [1.807, 2.05) is 35.2 Å². The van der Waals surface area contributed by atoms with Gasteiger partial charge >= 0.3 is 0 Å². The van der Waals surface area contributed by atoms with Crippen molar-refractivity contribution in [1.29, 1.82) is 0 Å². The third kappa shape index (κ3) is 5.63. The first-order valence-electron chi connectivity index (χ1n) is 11.2. The quantitative estimate of drug-likeness (QED) is 0.665.